The smallest absolute Gasteiger partial charge is 0.322 e. The Balaban J connectivity index is 2.12. The quantitative estimate of drug-likeness (QED) is 0.550. The second kappa shape index (κ2) is 9.97. The summed E-state index contributed by atoms with van der Waals surface area (Å²) in [5.41, 5.74) is 2.01. The highest BCUT2D eigenvalue weighted by atomic mass is 35.5. The maximum Gasteiger partial charge on any atom is 0.322 e. The van der Waals surface area contributed by atoms with Gasteiger partial charge in [-0.05, 0) is 61.2 Å². The molecule has 0 saturated heterocycles. The maximum atomic E-state index is 14.8. The zero-order valence-corrected chi connectivity index (χ0v) is 20.6. The number of halogens is 2. The highest BCUT2D eigenvalue weighted by molar-refractivity contribution is 7.89. The number of rotatable bonds is 8. The SMILES string of the molecule is COCCCN1CN([C@H](C(=O)O)[C@H](C)c2c(F)ccc(C)c2C)S(=O)(=O)c2ccc(Cl)cc21. The van der Waals surface area contributed by atoms with Crippen LogP contribution >= 0.6 is 11.6 Å². The fourth-order valence-corrected chi connectivity index (χ4v) is 6.31. The fraction of sp³-hybridized carbons (Fsp3) is 0.435. The molecule has 2 aromatic rings. The number of benzene rings is 2. The summed E-state index contributed by atoms with van der Waals surface area (Å²) in [7, 11) is -2.63. The van der Waals surface area contributed by atoms with Crippen LogP contribution in [0.5, 0.6) is 0 Å². The third-order valence-electron chi connectivity index (χ3n) is 6.16. The summed E-state index contributed by atoms with van der Waals surface area (Å²) in [6, 6.07) is 5.78. The molecule has 0 amide bonds. The van der Waals surface area contributed by atoms with E-state index in [2.05, 4.69) is 0 Å². The summed E-state index contributed by atoms with van der Waals surface area (Å²) >= 11 is 6.13. The van der Waals surface area contributed by atoms with Gasteiger partial charge in [-0.15, -0.1) is 0 Å². The molecule has 0 aliphatic carbocycles. The second-order valence-corrected chi connectivity index (χ2v) is 10.5. The van der Waals surface area contributed by atoms with E-state index in [1.807, 2.05) is 0 Å². The fourth-order valence-electron chi connectivity index (χ4n) is 4.34. The molecule has 180 valence electrons. The van der Waals surface area contributed by atoms with Crippen LogP contribution in [0, 0.1) is 19.7 Å². The number of hydrogen-bond acceptors (Lipinski definition) is 5. The topological polar surface area (TPSA) is 87.2 Å². The third kappa shape index (κ3) is 4.87. The molecular formula is C23H28ClFN2O5S. The molecule has 10 heteroatoms. The van der Waals surface area contributed by atoms with Crippen molar-refractivity contribution in [3.05, 3.63) is 57.9 Å². The molecule has 0 spiro atoms. The van der Waals surface area contributed by atoms with Crippen molar-refractivity contribution >= 4 is 33.3 Å². The summed E-state index contributed by atoms with van der Waals surface area (Å²) in [6.07, 6.45) is 0.593. The molecule has 1 heterocycles. The van der Waals surface area contributed by atoms with Crippen molar-refractivity contribution < 1.29 is 27.4 Å². The number of methoxy groups -OCH3 is 1. The van der Waals surface area contributed by atoms with E-state index in [9.17, 15) is 22.7 Å². The van der Waals surface area contributed by atoms with E-state index in [1.54, 1.807) is 44.9 Å². The van der Waals surface area contributed by atoms with E-state index >= 15 is 0 Å². The predicted molar refractivity (Wildman–Crippen MR) is 125 cm³/mol. The molecule has 1 aliphatic rings. The summed E-state index contributed by atoms with van der Waals surface area (Å²) in [5, 5.41) is 10.5. The van der Waals surface area contributed by atoms with Gasteiger partial charge in [-0.3, -0.25) is 4.79 Å². The summed E-state index contributed by atoms with van der Waals surface area (Å²) in [6.45, 7) is 5.73. The van der Waals surface area contributed by atoms with Crippen LogP contribution in [0.1, 0.15) is 36.0 Å². The number of aryl methyl sites for hydroxylation is 1. The number of carbonyl (C=O) groups is 1. The molecule has 1 N–H and O–H groups in total. The van der Waals surface area contributed by atoms with Gasteiger partial charge in [0.1, 0.15) is 16.8 Å². The van der Waals surface area contributed by atoms with Gasteiger partial charge in [0.2, 0.25) is 10.0 Å². The van der Waals surface area contributed by atoms with Crippen LogP contribution in [0.15, 0.2) is 35.2 Å². The molecule has 0 radical (unpaired) electrons. The lowest BCUT2D eigenvalue weighted by Crippen LogP contribution is -2.55. The molecule has 2 atom stereocenters. The van der Waals surface area contributed by atoms with Crippen molar-refractivity contribution in [3.63, 3.8) is 0 Å². The number of anilines is 1. The summed E-state index contributed by atoms with van der Waals surface area (Å²) in [5.74, 6) is -2.84. The minimum atomic E-state index is -4.20. The molecule has 1 aliphatic heterocycles. The number of carboxylic acids is 1. The van der Waals surface area contributed by atoms with Gasteiger partial charge in [0, 0.05) is 31.2 Å². The average Bonchev–Trinajstić information content (AvgIpc) is 2.74. The Kier molecular flexibility index (Phi) is 7.68. The molecule has 33 heavy (non-hydrogen) atoms. The average molecular weight is 499 g/mol. The molecule has 0 unspecified atom stereocenters. The Bertz CT molecular complexity index is 1160. The zero-order valence-electron chi connectivity index (χ0n) is 19.0. The van der Waals surface area contributed by atoms with Gasteiger partial charge in [0.05, 0.1) is 12.4 Å². The van der Waals surface area contributed by atoms with Crippen LogP contribution < -0.4 is 4.90 Å². The lowest BCUT2D eigenvalue weighted by atomic mass is 9.87. The van der Waals surface area contributed by atoms with Gasteiger partial charge in [-0.2, -0.15) is 4.31 Å². The molecule has 2 aromatic carbocycles. The number of carboxylic acid groups (broad SMARTS) is 1. The number of ether oxygens (including phenoxy) is 1. The van der Waals surface area contributed by atoms with Gasteiger partial charge >= 0.3 is 5.97 Å². The Labute approximate surface area is 198 Å². The van der Waals surface area contributed by atoms with Crippen molar-refractivity contribution in [3.8, 4) is 0 Å². The Morgan fingerprint density at radius 2 is 1.97 bits per heavy atom. The van der Waals surface area contributed by atoms with Gasteiger partial charge in [-0.25, -0.2) is 12.8 Å². The number of nitrogens with zero attached hydrogens (tertiary/aromatic N) is 2. The maximum absolute atomic E-state index is 14.8. The highest BCUT2D eigenvalue weighted by Crippen LogP contribution is 2.39. The number of aliphatic carboxylic acids is 1. The molecule has 0 bridgehead atoms. The lowest BCUT2D eigenvalue weighted by Gasteiger charge is -2.41. The van der Waals surface area contributed by atoms with Crippen molar-refractivity contribution in [2.24, 2.45) is 0 Å². The third-order valence-corrected chi connectivity index (χ3v) is 8.26. The van der Waals surface area contributed by atoms with Crippen LogP contribution in [0.25, 0.3) is 0 Å². The van der Waals surface area contributed by atoms with E-state index in [0.29, 0.717) is 35.8 Å². The minimum Gasteiger partial charge on any atom is -0.480 e. The van der Waals surface area contributed by atoms with Crippen LogP contribution in [0.3, 0.4) is 0 Å². The number of fused-ring (bicyclic) bond motifs is 1. The number of hydrogen-bond donors (Lipinski definition) is 1. The van der Waals surface area contributed by atoms with E-state index in [1.165, 1.54) is 18.2 Å². The highest BCUT2D eigenvalue weighted by Gasteiger charge is 2.45. The second-order valence-electron chi connectivity index (χ2n) is 8.23. The summed E-state index contributed by atoms with van der Waals surface area (Å²) in [4.78, 5) is 14.2. The van der Waals surface area contributed by atoms with Crippen molar-refractivity contribution in [2.75, 3.05) is 31.8 Å². The van der Waals surface area contributed by atoms with Crippen molar-refractivity contribution in [1.29, 1.82) is 0 Å². The molecule has 0 aromatic heterocycles. The molecule has 3 rings (SSSR count). The first-order valence-corrected chi connectivity index (χ1v) is 12.4. The van der Waals surface area contributed by atoms with Crippen LogP contribution in [0.2, 0.25) is 5.02 Å². The van der Waals surface area contributed by atoms with Crippen molar-refractivity contribution in [2.45, 2.75) is 44.0 Å². The van der Waals surface area contributed by atoms with Crippen LogP contribution in [-0.4, -0.2) is 56.8 Å². The Morgan fingerprint density at radius 1 is 1.27 bits per heavy atom. The predicted octanol–water partition coefficient (Wildman–Crippen LogP) is 4.16. The van der Waals surface area contributed by atoms with E-state index in [4.69, 9.17) is 16.3 Å². The van der Waals surface area contributed by atoms with E-state index in [0.717, 1.165) is 9.87 Å². The number of sulfonamides is 1. The van der Waals surface area contributed by atoms with E-state index in [-0.39, 0.29) is 17.1 Å². The van der Waals surface area contributed by atoms with Gasteiger partial charge in [0.25, 0.3) is 0 Å². The largest absolute Gasteiger partial charge is 0.480 e. The standard InChI is InChI=1S/C23H28ClFN2O5S/c1-14-6-8-18(25)21(15(14)2)16(3)22(23(28)29)27-13-26(10-5-11-32-4)19-12-17(24)7-9-20(19)33(27,30)31/h6-9,12,16,22H,5,10-11,13H2,1-4H3,(H,28,29)/t16-,22+/m1/s1. The normalized spacial score (nSPS) is 17.5. The van der Waals surface area contributed by atoms with Crippen molar-refractivity contribution in [1.82, 2.24) is 4.31 Å². The first-order valence-electron chi connectivity index (χ1n) is 10.5. The van der Waals surface area contributed by atoms with Gasteiger partial charge in [-0.1, -0.05) is 24.6 Å². The molecule has 0 fully saturated rings. The van der Waals surface area contributed by atoms with Crippen LogP contribution in [0.4, 0.5) is 10.1 Å². The van der Waals surface area contributed by atoms with Gasteiger partial charge < -0.3 is 14.7 Å². The van der Waals surface area contributed by atoms with E-state index < -0.39 is 33.8 Å². The van der Waals surface area contributed by atoms with Gasteiger partial charge in [0.15, 0.2) is 0 Å². The molecule has 0 saturated carbocycles. The monoisotopic (exact) mass is 498 g/mol. The Morgan fingerprint density at radius 3 is 2.61 bits per heavy atom. The first kappa shape index (κ1) is 25.4. The lowest BCUT2D eigenvalue weighted by molar-refractivity contribution is -0.142. The molecular weight excluding hydrogens is 471 g/mol. The minimum absolute atomic E-state index is 0.0320. The molecule has 7 nitrogen and oxygen atoms in total. The van der Waals surface area contributed by atoms with Crippen LogP contribution in [-0.2, 0) is 19.6 Å². The first-order chi connectivity index (χ1) is 15.5. The zero-order chi connectivity index (χ0) is 24.5. The summed E-state index contributed by atoms with van der Waals surface area (Å²) < 4.78 is 48.1. The Hall–Kier alpha value is -2.20.